The minimum absolute atomic E-state index is 0.107. The first-order valence-electron chi connectivity index (χ1n) is 6.40. The maximum absolute atomic E-state index is 11.8. The molecule has 0 aliphatic heterocycles. The van der Waals surface area contributed by atoms with Crippen molar-refractivity contribution in [2.24, 2.45) is 5.73 Å². The van der Waals surface area contributed by atoms with E-state index in [-0.39, 0.29) is 11.6 Å². The standard InChI is InChI=1S/C15H15N3O2/c1-10-6-15(19)18(9-17-10)8-12(16)14-7-11-4-2-3-5-13(11)20-14/h2-7,9,12H,8,16H2,1H3. The molecule has 0 aliphatic rings. The van der Waals surface area contributed by atoms with Gasteiger partial charge in [-0.1, -0.05) is 18.2 Å². The molecule has 1 atom stereocenters. The van der Waals surface area contributed by atoms with Crippen LogP contribution in [-0.2, 0) is 6.54 Å². The van der Waals surface area contributed by atoms with Crippen molar-refractivity contribution < 1.29 is 4.42 Å². The van der Waals surface area contributed by atoms with Gasteiger partial charge in [0.25, 0.3) is 5.56 Å². The average molecular weight is 269 g/mol. The van der Waals surface area contributed by atoms with E-state index in [4.69, 9.17) is 10.2 Å². The van der Waals surface area contributed by atoms with Gasteiger partial charge in [0.15, 0.2) is 0 Å². The Morgan fingerprint density at radius 1 is 1.35 bits per heavy atom. The Hall–Kier alpha value is -2.40. The molecule has 2 heterocycles. The number of rotatable bonds is 3. The minimum Gasteiger partial charge on any atom is -0.459 e. The molecule has 0 spiro atoms. The molecule has 0 saturated heterocycles. The number of hydrogen-bond acceptors (Lipinski definition) is 4. The van der Waals surface area contributed by atoms with E-state index >= 15 is 0 Å². The number of hydrogen-bond donors (Lipinski definition) is 1. The van der Waals surface area contributed by atoms with Gasteiger partial charge in [0, 0.05) is 23.7 Å². The van der Waals surface area contributed by atoms with E-state index in [1.54, 1.807) is 6.92 Å². The molecule has 1 unspecified atom stereocenters. The van der Waals surface area contributed by atoms with E-state index in [1.807, 2.05) is 30.3 Å². The molecular formula is C15H15N3O2. The molecule has 0 radical (unpaired) electrons. The molecule has 5 heteroatoms. The molecule has 2 N–H and O–H groups in total. The van der Waals surface area contributed by atoms with Crippen LogP contribution in [0.15, 0.2) is 51.9 Å². The van der Waals surface area contributed by atoms with Crippen LogP contribution in [0.5, 0.6) is 0 Å². The number of nitrogens with zero attached hydrogens (tertiary/aromatic N) is 2. The highest BCUT2D eigenvalue weighted by Gasteiger charge is 2.13. The second-order valence-corrected chi connectivity index (χ2v) is 4.81. The maximum atomic E-state index is 11.8. The van der Waals surface area contributed by atoms with E-state index in [9.17, 15) is 4.79 Å². The van der Waals surface area contributed by atoms with Crippen molar-refractivity contribution in [2.75, 3.05) is 0 Å². The number of nitrogens with two attached hydrogens (primary N) is 1. The highest BCUT2D eigenvalue weighted by molar-refractivity contribution is 5.77. The van der Waals surface area contributed by atoms with Crippen molar-refractivity contribution in [3.05, 3.63) is 64.5 Å². The SMILES string of the molecule is Cc1cc(=O)n(CC(N)c2cc3ccccc3o2)cn1. The highest BCUT2D eigenvalue weighted by atomic mass is 16.3. The van der Waals surface area contributed by atoms with Crippen molar-refractivity contribution >= 4 is 11.0 Å². The van der Waals surface area contributed by atoms with Crippen LogP contribution < -0.4 is 11.3 Å². The number of aryl methyl sites for hydroxylation is 1. The molecule has 0 amide bonds. The van der Waals surface area contributed by atoms with Gasteiger partial charge >= 0.3 is 0 Å². The number of benzene rings is 1. The second kappa shape index (κ2) is 4.94. The topological polar surface area (TPSA) is 74.0 Å². The molecule has 0 saturated carbocycles. The van der Waals surface area contributed by atoms with Crippen molar-refractivity contribution in [3.63, 3.8) is 0 Å². The fourth-order valence-corrected chi connectivity index (χ4v) is 2.14. The quantitative estimate of drug-likeness (QED) is 0.789. The van der Waals surface area contributed by atoms with E-state index in [1.165, 1.54) is 17.0 Å². The van der Waals surface area contributed by atoms with Crippen LogP contribution in [-0.4, -0.2) is 9.55 Å². The third-order valence-corrected chi connectivity index (χ3v) is 3.22. The lowest BCUT2D eigenvalue weighted by Gasteiger charge is -2.10. The van der Waals surface area contributed by atoms with Crippen molar-refractivity contribution in [3.8, 4) is 0 Å². The normalized spacial score (nSPS) is 12.7. The molecule has 102 valence electrons. The number of fused-ring (bicyclic) bond motifs is 1. The third-order valence-electron chi connectivity index (χ3n) is 3.22. The van der Waals surface area contributed by atoms with Gasteiger partial charge in [-0.15, -0.1) is 0 Å². The molecule has 2 aromatic heterocycles. The largest absolute Gasteiger partial charge is 0.459 e. The third kappa shape index (κ3) is 2.35. The summed E-state index contributed by atoms with van der Waals surface area (Å²) < 4.78 is 7.20. The Bertz CT molecular complexity index is 771. The molecule has 0 fully saturated rings. The van der Waals surface area contributed by atoms with E-state index < -0.39 is 0 Å². The van der Waals surface area contributed by atoms with E-state index in [0.29, 0.717) is 18.0 Å². The summed E-state index contributed by atoms with van der Waals surface area (Å²) in [6.07, 6.45) is 1.51. The zero-order chi connectivity index (χ0) is 14.1. The molecule has 5 nitrogen and oxygen atoms in total. The molecular weight excluding hydrogens is 254 g/mol. The van der Waals surface area contributed by atoms with Crippen LogP contribution in [0.2, 0.25) is 0 Å². The van der Waals surface area contributed by atoms with Gasteiger partial charge in [0.1, 0.15) is 11.3 Å². The van der Waals surface area contributed by atoms with Gasteiger partial charge in [0.05, 0.1) is 12.4 Å². The fourth-order valence-electron chi connectivity index (χ4n) is 2.14. The Balaban J connectivity index is 1.88. The Morgan fingerprint density at radius 2 is 2.15 bits per heavy atom. The molecule has 0 aliphatic carbocycles. The summed E-state index contributed by atoms with van der Waals surface area (Å²) in [6.45, 7) is 2.12. The first kappa shape index (κ1) is 12.6. The van der Waals surface area contributed by atoms with Gasteiger partial charge < -0.3 is 10.2 Å². The summed E-state index contributed by atoms with van der Waals surface area (Å²) >= 11 is 0. The predicted octanol–water partition coefficient (Wildman–Crippen LogP) is 2.00. The van der Waals surface area contributed by atoms with Crippen molar-refractivity contribution in [2.45, 2.75) is 19.5 Å². The van der Waals surface area contributed by atoms with Crippen molar-refractivity contribution in [1.29, 1.82) is 0 Å². The number of furan rings is 1. The summed E-state index contributed by atoms with van der Waals surface area (Å²) in [7, 11) is 0. The van der Waals surface area contributed by atoms with Gasteiger partial charge in [-0.05, 0) is 19.1 Å². The summed E-state index contributed by atoms with van der Waals surface area (Å²) in [5, 5.41) is 1.01. The Kier molecular flexibility index (Phi) is 3.12. The first-order valence-corrected chi connectivity index (χ1v) is 6.40. The van der Waals surface area contributed by atoms with E-state index in [0.717, 1.165) is 11.0 Å². The molecule has 1 aromatic carbocycles. The van der Waals surface area contributed by atoms with Gasteiger partial charge in [0.2, 0.25) is 0 Å². The smallest absolute Gasteiger partial charge is 0.253 e. The predicted molar refractivity (Wildman–Crippen MR) is 76.4 cm³/mol. The first-order chi connectivity index (χ1) is 9.63. The number of aromatic nitrogens is 2. The minimum atomic E-state index is -0.385. The fraction of sp³-hybridized carbons (Fsp3) is 0.200. The zero-order valence-corrected chi connectivity index (χ0v) is 11.1. The van der Waals surface area contributed by atoms with E-state index in [2.05, 4.69) is 4.98 Å². The summed E-state index contributed by atoms with van der Waals surface area (Å²) in [4.78, 5) is 15.9. The Morgan fingerprint density at radius 3 is 2.90 bits per heavy atom. The molecule has 3 rings (SSSR count). The summed E-state index contributed by atoms with van der Waals surface area (Å²) in [5.41, 5.74) is 7.51. The van der Waals surface area contributed by atoms with Gasteiger partial charge in [-0.2, -0.15) is 0 Å². The zero-order valence-electron chi connectivity index (χ0n) is 11.1. The molecule has 0 bridgehead atoms. The monoisotopic (exact) mass is 269 g/mol. The van der Waals surface area contributed by atoms with Crippen LogP contribution in [0.1, 0.15) is 17.5 Å². The van der Waals surface area contributed by atoms with Crippen LogP contribution in [0.25, 0.3) is 11.0 Å². The van der Waals surface area contributed by atoms with Gasteiger partial charge in [-0.3, -0.25) is 9.36 Å². The lowest BCUT2D eigenvalue weighted by Crippen LogP contribution is -2.26. The summed E-state index contributed by atoms with van der Waals surface area (Å²) in [6, 6.07) is 10.7. The molecule has 3 aromatic rings. The lowest BCUT2D eigenvalue weighted by atomic mass is 10.2. The molecule has 20 heavy (non-hydrogen) atoms. The summed E-state index contributed by atoms with van der Waals surface area (Å²) in [5.74, 6) is 0.665. The van der Waals surface area contributed by atoms with Crippen LogP contribution in [0, 0.1) is 6.92 Å². The lowest BCUT2D eigenvalue weighted by molar-refractivity contribution is 0.448. The Labute approximate surface area is 115 Å². The average Bonchev–Trinajstić information content (AvgIpc) is 2.86. The van der Waals surface area contributed by atoms with Crippen molar-refractivity contribution in [1.82, 2.24) is 9.55 Å². The van der Waals surface area contributed by atoms with Gasteiger partial charge in [-0.25, -0.2) is 4.98 Å². The number of para-hydroxylation sites is 1. The highest BCUT2D eigenvalue weighted by Crippen LogP contribution is 2.23. The van der Waals surface area contributed by atoms with Crippen LogP contribution in [0.3, 0.4) is 0 Å². The second-order valence-electron chi connectivity index (χ2n) is 4.81. The van der Waals surface area contributed by atoms with Crippen LogP contribution >= 0.6 is 0 Å². The van der Waals surface area contributed by atoms with Crippen LogP contribution in [0.4, 0.5) is 0 Å². The maximum Gasteiger partial charge on any atom is 0.253 e.